The number of rotatable bonds is 8. The van der Waals surface area contributed by atoms with E-state index in [0.29, 0.717) is 24.4 Å². The Hall–Kier alpha value is -2.61. The van der Waals surface area contributed by atoms with Crippen molar-refractivity contribution >= 4 is 22.7 Å². The van der Waals surface area contributed by atoms with Crippen LogP contribution in [-0.4, -0.2) is 40.2 Å². The van der Waals surface area contributed by atoms with Gasteiger partial charge < -0.3 is 20.4 Å². The molecule has 0 aliphatic heterocycles. The Morgan fingerprint density at radius 1 is 1.19 bits per heavy atom. The van der Waals surface area contributed by atoms with E-state index in [1.54, 1.807) is 25.4 Å². The molecule has 0 saturated heterocycles. The zero-order chi connectivity index (χ0) is 22.1. The summed E-state index contributed by atoms with van der Waals surface area (Å²) in [4.78, 5) is 16.8. The van der Waals surface area contributed by atoms with Gasteiger partial charge >= 0.3 is 0 Å². The van der Waals surface area contributed by atoms with E-state index in [-0.39, 0.29) is 17.2 Å². The minimum atomic E-state index is -0.747. The fraction of sp³-hybridized carbons (Fsp3) is 0.478. The van der Waals surface area contributed by atoms with Crippen molar-refractivity contribution in [2.45, 2.75) is 57.0 Å². The standard InChI is InChI=1S/C23H32N4O3S/c1-3-31(29)21-11-5-9-19(14-21)27-23(24-2)26-15-17-7-4-8-18(13-17)22(28)25-16-20-10-6-12-30-20/h4,6-8,10,12-13,19,21H,3,5,9,11,14-16H2,1-2H3,(H,25,28)(H2,24,26,27). The lowest BCUT2D eigenvalue weighted by molar-refractivity contribution is 0.0948. The molecule has 2 aromatic rings. The van der Waals surface area contributed by atoms with E-state index < -0.39 is 10.8 Å². The highest BCUT2D eigenvalue weighted by Gasteiger charge is 2.26. The highest BCUT2D eigenvalue weighted by Crippen LogP contribution is 2.23. The summed E-state index contributed by atoms with van der Waals surface area (Å²) in [6.45, 7) is 2.89. The number of guanidine groups is 1. The molecule has 1 aromatic heterocycles. The Kier molecular flexibility index (Phi) is 8.70. The van der Waals surface area contributed by atoms with E-state index in [4.69, 9.17) is 4.42 Å². The van der Waals surface area contributed by atoms with E-state index in [2.05, 4.69) is 20.9 Å². The number of carbonyl (C=O) groups excluding carboxylic acids is 1. The third kappa shape index (κ3) is 6.95. The molecule has 1 heterocycles. The molecule has 1 aliphatic carbocycles. The van der Waals surface area contributed by atoms with Crippen LogP contribution in [0.5, 0.6) is 0 Å². The van der Waals surface area contributed by atoms with Crippen LogP contribution in [0.4, 0.5) is 0 Å². The number of hydrogen-bond acceptors (Lipinski definition) is 4. The second-order valence-corrected chi connectivity index (χ2v) is 9.69. The Morgan fingerprint density at radius 2 is 2.06 bits per heavy atom. The summed E-state index contributed by atoms with van der Waals surface area (Å²) in [6, 6.07) is 11.4. The van der Waals surface area contributed by atoms with Crippen LogP contribution in [0.3, 0.4) is 0 Å². The van der Waals surface area contributed by atoms with Gasteiger partial charge in [0.05, 0.1) is 12.8 Å². The maximum absolute atomic E-state index is 12.4. The van der Waals surface area contributed by atoms with Gasteiger partial charge in [0.25, 0.3) is 5.91 Å². The summed E-state index contributed by atoms with van der Waals surface area (Å²) in [7, 11) is 1.00. The zero-order valence-corrected chi connectivity index (χ0v) is 19.0. The van der Waals surface area contributed by atoms with Crippen LogP contribution in [0.15, 0.2) is 52.1 Å². The Bertz CT molecular complexity index is 898. The average Bonchev–Trinajstić information content (AvgIpc) is 3.33. The lowest BCUT2D eigenvalue weighted by Crippen LogP contribution is -2.46. The predicted molar refractivity (Wildman–Crippen MR) is 124 cm³/mol. The lowest BCUT2D eigenvalue weighted by atomic mass is 9.95. The van der Waals surface area contributed by atoms with Crippen molar-refractivity contribution in [2.75, 3.05) is 12.8 Å². The number of hydrogen-bond donors (Lipinski definition) is 3. The number of aliphatic imine (C=N–C) groups is 1. The number of furan rings is 1. The van der Waals surface area contributed by atoms with Gasteiger partial charge in [-0.25, -0.2) is 0 Å². The number of benzene rings is 1. The Labute approximate surface area is 186 Å². The number of nitrogens with one attached hydrogen (secondary N) is 3. The van der Waals surface area contributed by atoms with Crippen molar-refractivity contribution in [2.24, 2.45) is 4.99 Å². The first-order chi connectivity index (χ1) is 15.1. The molecule has 3 N–H and O–H groups in total. The van der Waals surface area contributed by atoms with Crippen LogP contribution in [0, 0.1) is 0 Å². The molecule has 1 saturated carbocycles. The fourth-order valence-corrected chi connectivity index (χ4v) is 5.18. The summed E-state index contributed by atoms with van der Waals surface area (Å²) in [6.07, 6.45) is 5.68. The molecule has 8 heteroatoms. The molecule has 168 valence electrons. The van der Waals surface area contributed by atoms with Crippen LogP contribution in [0.25, 0.3) is 0 Å². The van der Waals surface area contributed by atoms with Crippen LogP contribution in [-0.2, 0) is 23.9 Å². The summed E-state index contributed by atoms with van der Waals surface area (Å²) in [5.41, 5.74) is 1.59. The van der Waals surface area contributed by atoms with Crippen LogP contribution < -0.4 is 16.0 Å². The molecule has 7 nitrogen and oxygen atoms in total. The molecular formula is C23H32N4O3S. The highest BCUT2D eigenvalue weighted by molar-refractivity contribution is 7.85. The SMILES string of the molecule is CCS(=O)C1CCCC(NC(=NC)NCc2cccc(C(=O)NCc3ccco3)c2)C1. The summed E-state index contributed by atoms with van der Waals surface area (Å²) >= 11 is 0. The minimum absolute atomic E-state index is 0.141. The van der Waals surface area contributed by atoms with Crippen LogP contribution >= 0.6 is 0 Å². The second-order valence-electron chi connectivity index (χ2n) is 7.69. The van der Waals surface area contributed by atoms with Crippen LogP contribution in [0.1, 0.15) is 54.3 Å². The van der Waals surface area contributed by atoms with Gasteiger partial charge in [0.2, 0.25) is 0 Å². The smallest absolute Gasteiger partial charge is 0.251 e. The average molecular weight is 445 g/mol. The number of carbonyl (C=O) groups is 1. The normalized spacial score (nSPS) is 20.1. The third-order valence-corrected chi connectivity index (χ3v) is 7.24. The van der Waals surface area contributed by atoms with E-state index in [9.17, 15) is 9.00 Å². The van der Waals surface area contributed by atoms with Gasteiger partial charge in [0.1, 0.15) is 5.76 Å². The summed E-state index contributed by atoms with van der Waals surface area (Å²) < 4.78 is 17.4. The molecule has 3 atom stereocenters. The molecule has 1 aromatic carbocycles. The van der Waals surface area contributed by atoms with Crippen molar-refractivity contribution in [3.05, 3.63) is 59.5 Å². The van der Waals surface area contributed by atoms with Crippen molar-refractivity contribution in [1.82, 2.24) is 16.0 Å². The molecule has 0 spiro atoms. The maximum atomic E-state index is 12.4. The predicted octanol–water partition coefficient (Wildman–Crippen LogP) is 2.95. The van der Waals surface area contributed by atoms with E-state index >= 15 is 0 Å². The van der Waals surface area contributed by atoms with Gasteiger partial charge in [-0.1, -0.05) is 25.5 Å². The molecule has 1 fully saturated rings. The van der Waals surface area contributed by atoms with Crippen molar-refractivity contribution in [3.8, 4) is 0 Å². The van der Waals surface area contributed by atoms with Gasteiger partial charge in [-0.05, 0) is 49.1 Å². The first kappa shape index (κ1) is 23.1. The van der Waals surface area contributed by atoms with Crippen LogP contribution in [0.2, 0.25) is 0 Å². The highest BCUT2D eigenvalue weighted by atomic mass is 32.2. The first-order valence-corrected chi connectivity index (χ1v) is 12.2. The number of nitrogens with zero attached hydrogens (tertiary/aromatic N) is 1. The second kappa shape index (κ2) is 11.7. The Morgan fingerprint density at radius 3 is 2.81 bits per heavy atom. The van der Waals surface area contributed by atoms with Gasteiger partial charge in [0.15, 0.2) is 5.96 Å². The van der Waals surface area contributed by atoms with E-state index in [0.717, 1.165) is 43.0 Å². The summed E-state index contributed by atoms with van der Waals surface area (Å²) in [5.74, 6) is 2.02. The molecule has 0 bridgehead atoms. The van der Waals surface area contributed by atoms with Crippen molar-refractivity contribution in [3.63, 3.8) is 0 Å². The zero-order valence-electron chi connectivity index (χ0n) is 18.2. The van der Waals surface area contributed by atoms with E-state index in [1.165, 1.54) is 0 Å². The Balaban J connectivity index is 1.50. The molecule has 31 heavy (non-hydrogen) atoms. The van der Waals surface area contributed by atoms with Gasteiger partial charge in [0, 0.05) is 47.0 Å². The third-order valence-electron chi connectivity index (χ3n) is 5.50. The summed E-state index contributed by atoms with van der Waals surface area (Å²) in [5, 5.41) is 9.93. The van der Waals surface area contributed by atoms with Gasteiger partial charge in [-0.3, -0.25) is 14.0 Å². The molecule has 3 rings (SSSR count). The fourth-order valence-electron chi connectivity index (χ4n) is 3.83. The molecule has 1 aliphatic rings. The molecule has 0 radical (unpaired) electrons. The topological polar surface area (TPSA) is 95.7 Å². The van der Waals surface area contributed by atoms with E-state index in [1.807, 2.05) is 31.2 Å². The monoisotopic (exact) mass is 444 g/mol. The lowest BCUT2D eigenvalue weighted by Gasteiger charge is -2.30. The minimum Gasteiger partial charge on any atom is -0.467 e. The largest absolute Gasteiger partial charge is 0.467 e. The van der Waals surface area contributed by atoms with Crippen molar-refractivity contribution in [1.29, 1.82) is 0 Å². The number of amides is 1. The molecule has 3 unspecified atom stereocenters. The molecular weight excluding hydrogens is 412 g/mol. The quantitative estimate of drug-likeness (QED) is 0.430. The molecule has 1 amide bonds. The first-order valence-electron chi connectivity index (χ1n) is 10.8. The van der Waals surface area contributed by atoms with Gasteiger partial charge in [-0.2, -0.15) is 0 Å². The maximum Gasteiger partial charge on any atom is 0.251 e. The van der Waals surface area contributed by atoms with Crippen molar-refractivity contribution < 1.29 is 13.4 Å². The van der Waals surface area contributed by atoms with Gasteiger partial charge in [-0.15, -0.1) is 0 Å².